The van der Waals surface area contributed by atoms with Gasteiger partial charge in [-0.3, -0.25) is 19.8 Å². The fourth-order valence-corrected chi connectivity index (χ4v) is 4.06. The lowest BCUT2D eigenvalue weighted by Gasteiger charge is -2.44. The van der Waals surface area contributed by atoms with Crippen LogP contribution in [0, 0.1) is 17.3 Å². The molecule has 174 valence electrons. The predicted octanol–water partition coefficient (Wildman–Crippen LogP) is 3.12. The van der Waals surface area contributed by atoms with E-state index in [0.29, 0.717) is 36.0 Å². The number of nitriles is 1. The van der Waals surface area contributed by atoms with E-state index in [-0.39, 0.29) is 36.8 Å². The summed E-state index contributed by atoms with van der Waals surface area (Å²) in [6.07, 6.45) is 1.53. The number of carbonyl (C=O) groups is 2. The van der Waals surface area contributed by atoms with Crippen LogP contribution < -0.4 is 10.1 Å². The molecular weight excluding hydrogens is 447 g/mol. The molecule has 0 radical (unpaired) electrons. The molecule has 1 fully saturated rings. The average Bonchev–Trinajstić information content (AvgIpc) is 2.77. The van der Waals surface area contributed by atoms with Crippen molar-refractivity contribution >= 4 is 23.4 Å². The summed E-state index contributed by atoms with van der Waals surface area (Å²) in [6, 6.07) is 11.4. The summed E-state index contributed by atoms with van der Waals surface area (Å²) >= 11 is 6.06. The first-order valence-corrected chi connectivity index (χ1v) is 11.0. The van der Waals surface area contributed by atoms with E-state index in [1.165, 1.54) is 12.1 Å². The number of hydrogen-bond acceptors (Lipinski definition) is 5. The molecule has 33 heavy (non-hydrogen) atoms. The van der Waals surface area contributed by atoms with Crippen LogP contribution in [0.4, 0.5) is 4.39 Å². The van der Waals surface area contributed by atoms with Gasteiger partial charge in [0.2, 0.25) is 5.91 Å². The Balaban J connectivity index is 1.60. The zero-order valence-electron chi connectivity index (χ0n) is 18.6. The van der Waals surface area contributed by atoms with Crippen LogP contribution in [0.1, 0.15) is 25.0 Å². The zero-order chi connectivity index (χ0) is 24.0. The number of rotatable bonds is 7. The minimum absolute atomic E-state index is 0.0296. The zero-order valence-corrected chi connectivity index (χ0v) is 19.3. The first-order valence-electron chi connectivity index (χ1n) is 10.6. The quantitative estimate of drug-likeness (QED) is 0.494. The first kappa shape index (κ1) is 24.5. The van der Waals surface area contributed by atoms with Gasteiger partial charge in [-0.25, -0.2) is 4.39 Å². The summed E-state index contributed by atoms with van der Waals surface area (Å²) in [7, 11) is 0. The van der Waals surface area contributed by atoms with E-state index in [1.54, 1.807) is 41.4 Å². The maximum absolute atomic E-state index is 13.2. The van der Waals surface area contributed by atoms with E-state index in [1.807, 2.05) is 6.92 Å². The number of benzene rings is 2. The molecule has 0 unspecified atom stereocenters. The van der Waals surface area contributed by atoms with Crippen LogP contribution in [0.5, 0.6) is 5.75 Å². The Morgan fingerprint density at radius 1 is 1.18 bits per heavy atom. The molecular formula is C24H26ClFN4O3. The molecule has 0 spiro atoms. The third kappa shape index (κ3) is 6.67. The molecule has 0 aliphatic carbocycles. The summed E-state index contributed by atoms with van der Waals surface area (Å²) in [5.41, 5.74) is 1.55. The Morgan fingerprint density at radius 2 is 1.91 bits per heavy atom. The van der Waals surface area contributed by atoms with Crippen molar-refractivity contribution in [1.29, 1.82) is 5.26 Å². The van der Waals surface area contributed by atoms with Crippen LogP contribution in [-0.2, 0) is 22.6 Å². The number of hydrogen-bond donors (Lipinski definition) is 1. The highest BCUT2D eigenvalue weighted by atomic mass is 35.5. The summed E-state index contributed by atoms with van der Waals surface area (Å²) in [4.78, 5) is 28.8. The third-order valence-corrected chi connectivity index (χ3v) is 5.90. The summed E-state index contributed by atoms with van der Waals surface area (Å²) < 4.78 is 18.9. The minimum Gasteiger partial charge on any atom is -0.483 e. The van der Waals surface area contributed by atoms with Gasteiger partial charge in [0.15, 0.2) is 12.8 Å². The number of nitrogens with zero attached hydrogens (tertiary/aromatic N) is 3. The van der Waals surface area contributed by atoms with Crippen molar-refractivity contribution in [2.75, 3.05) is 19.7 Å². The van der Waals surface area contributed by atoms with Gasteiger partial charge in [0.1, 0.15) is 11.6 Å². The van der Waals surface area contributed by atoms with E-state index in [9.17, 15) is 14.0 Å². The van der Waals surface area contributed by atoms with E-state index in [4.69, 9.17) is 21.6 Å². The molecule has 2 amide bonds. The minimum atomic E-state index is -0.476. The van der Waals surface area contributed by atoms with Gasteiger partial charge >= 0.3 is 0 Å². The van der Waals surface area contributed by atoms with Crippen LogP contribution in [0.25, 0.3) is 0 Å². The number of nitrogens with one attached hydrogen (secondary N) is 1. The molecule has 0 aromatic heterocycles. The number of piperazine rings is 1. The average molecular weight is 473 g/mol. The van der Waals surface area contributed by atoms with Crippen molar-refractivity contribution in [1.82, 2.24) is 15.1 Å². The Bertz CT molecular complexity index is 1040. The molecule has 7 nitrogen and oxygen atoms in total. The van der Waals surface area contributed by atoms with Crippen molar-refractivity contribution < 1.29 is 18.7 Å². The fourth-order valence-electron chi connectivity index (χ4n) is 3.90. The van der Waals surface area contributed by atoms with Gasteiger partial charge in [-0.15, -0.1) is 0 Å². The highest BCUT2D eigenvalue weighted by molar-refractivity contribution is 6.30. The molecule has 1 aliphatic heterocycles. The standard InChI is InChI=1S/C24H26ClFN4O3/c1-16-12-30(17(2)11-29(16)13-18-3-7-21(26)8-4-18)24(32)14-33-22-10-20(25)6-5-19(22)9-23(31)28-15-27/h3-8,10,16-17H,9,11-14H2,1-2H3,(H,28,31)/t16-,17+/m0/s1. The van der Waals surface area contributed by atoms with Crippen molar-refractivity contribution in [2.45, 2.75) is 38.9 Å². The number of amides is 2. The van der Waals surface area contributed by atoms with Gasteiger partial charge in [-0.05, 0) is 43.7 Å². The maximum atomic E-state index is 13.2. The molecule has 1 saturated heterocycles. The Hall–Kier alpha value is -3.15. The van der Waals surface area contributed by atoms with E-state index in [0.717, 1.165) is 5.56 Å². The van der Waals surface area contributed by atoms with Crippen LogP contribution >= 0.6 is 11.6 Å². The highest BCUT2D eigenvalue weighted by Gasteiger charge is 2.32. The number of carbonyl (C=O) groups excluding carboxylic acids is 2. The van der Waals surface area contributed by atoms with Gasteiger partial charge in [-0.2, -0.15) is 5.26 Å². The Kier molecular flexibility index (Phi) is 8.26. The van der Waals surface area contributed by atoms with Crippen LogP contribution in [0.2, 0.25) is 5.02 Å². The molecule has 2 atom stereocenters. The first-order chi connectivity index (χ1) is 15.8. The second kappa shape index (κ2) is 11.1. The normalized spacial score (nSPS) is 18.5. The lowest BCUT2D eigenvalue weighted by Crippen LogP contribution is -2.58. The van der Waals surface area contributed by atoms with Crippen molar-refractivity contribution in [2.24, 2.45) is 0 Å². The van der Waals surface area contributed by atoms with Gasteiger partial charge < -0.3 is 9.64 Å². The largest absolute Gasteiger partial charge is 0.483 e. The summed E-state index contributed by atoms with van der Waals surface area (Å²) in [5, 5.41) is 11.1. The lowest BCUT2D eigenvalue weighted by atomic mass is 10.1. The van der Waals surface area contributed by atoms with Gasteiger partial charge in [0.05, 0.1) is 6.42 Å². The molecule has 2 aromatic carbocycles. The molecule has 0 bridgehead atoms. The molecule has 1 N–H and O–H groups in total. The Labute approximate surface area is 197 Å². The van der Waals surface area contributed by atoms with E-state index < -0.39 is 5.91 Å². The second-order valence-electron chi connectivity index (χ2n) is 8.18. The monoisotopic (exact) mass is 472 g/mol. The Morgan fingerprint density at radius 3 is 2.61 bits per heavy atom. The topological polar surface area (TPSA) is 85.7 Å². The number of halogens is 2. The summed E-state index contributed by atoms with van der Waals surface area (Å²) in [6.45, 7) is 5.75. The van der Waals surface area contributed by atoms with Gasteiger partial charge in [0.25, 0.3) is 5.91 Å². The van der Waals surface area contributed by atoms with E-state index >= 15 is 0 Å². The molecule has 0 saturated carbocycles. The molecule has 2 aromatic rings. The summed E-state index contributed by atoms with van der Waals surface area (Å²) in [5.74, 6) is -0.567. The van der Waals surface area contributed by atoms with Gasteiger partial charge in [-0.1, -0.05) is 29.8 Å². The fraction of sp³-hybridized carbons (Fsp3) is 0.375. The van der Waals surface area contributed by atoms with Gasteiger partial charge in [0, 0.05) is 42.3 Å². The van der Waals surface area contributed by atoms with E-state index in [2.05, 4.69) is 17.1 Å². The number of ether oxygens (including phenoxy) is 1. The van der Waals surface area contributed by atoms with Crippen molar-refractivity contribution in [3.05, 3.63) is 64.4 Å². The van der Waals surface area contributed by atoms with Crippen LogP contribution in [0.15, 0.2) is 42.5 Å². The van der Waals surface area contributed by atoms with Crippen LogP contribution in [0.3, 0.4) is 0 Å². The second-order valence-corrected chi connectivity index (χ2v) is 8.61. The maximum Gasteiger partial charge on any atom is 0.260 e. The SMILES string of the molecule is C[C@@H]1CN(Cc2ccc(F)cc2)[C@@H](C)CN1C(=O)COc1cc(Cl)ccc1CC(=O)NC#N. The van der Waals surface area contributed by atoms with Crippen molar-refractivity contribution in [3.8, 4) is 11.9 Å². The molecule has 9 heteroatoms. The molecule has 3 rings (SSSR count). The third-order valence-electron chi connectivity index (χ3n) is 5.66. The van der Waals surface area contributed by atoms with Crippen LogP contribution in [-0.4, -0.2) is 53.4 Å². The highest BCUT2D eigenvalue weighted by Crippen LogP contribution is 2.25. The lowest BCUT2D eigenvalue weighted by molar-refractivity contribution is -0.139. The van der Waals surface area contributed by atoms with Crippen molar-refractivity contribution in [3.63, 3.8) is 0 Å². The molecule has 1 heterocycles. The smallest absolute Gasteiger partial charge is 0.260 e. The predicted molar refractivity (Wildman–Crippen MR) is 122 cm³/mol. The molecule has 1 aliphatic rings.